The first-order chi connectivity index (χ1) is 14.5. The number of hydrogen-bond donors (Lipinski definition) is 1. The number of anilines is 1. The summed E-state index contributed by atoms with van der Waals surface area (Å²) in [6, 6.07) is 13.9. The summed E-state index contributed by atoms with van der Waals surface area (Å²) in [5, 5.41) is 2.80. The molecule has 3 rings (SSSR count). The molecule has 1 fully saturated rings. The van der Waals surface area contributed by atoms with Crippen molar-refractivity contribution in [3.05, 3.63) is 54.1 Å². The Balaban J connectivity index is 1.50. The van der Waals surface area contributed by atoms with Gasteiger partial charge in [0, 0.05) is 18.8 Å². The lowest BCUT2D eigenvalue weighted by molar-refractivity contribution is -0.118. The van der Waals surface area contributed by atoms with E-state index in [-0.39, 0.29) is 17.4 Å². The van der Waals surface area contributed by atoms with Crippen molar-refractivity contribution in [1.82, 2.24) is 4.31 Å². The summed E-state index contributed by atoms with van der Waals surface area (Å²) in [6.45, 7) is 3.49. The standard InChI is InChI=1S/C22H28N2O5S/c1-2-3-4-18-5-7-19(8-6-18)23-22(25)17-29-20-9-11-21(12-10-20)30(26,27)24-13-15-28-16-14-24/h5-12H,2-4,13-17H2,1H3,(H,23,25). The van der Waals surface area contributed by atoms with Gasteiger partial charge in [-0.2, -0.15) is 4.31 Å². The summed E-state index contributed by atoms with van der Waals surface area (Å²) in [4.78, 5) is 12.3. The molecule has 7 nitrogen and oxygen atoms in total. The molecule has 2 aromatic rings. The highest BCUT2D eigenvalue weighted by Gasteiger charge is 2.26. The molecule has 2 aromatic carbocycles. The van der Waals surface area contributed by atoms with E-state index in [0.29, 0.717) is 32.1 Å². The van der Waals surface area contributed by atoms with Gasteiger partial charge < -0.3 is 14.8 Å². The Morgan fingerprint density at radius 1 is 1.07 bits per heavy atom. The van der Waals surface area contributed by atoms with Crippen molar-refractivity contribution in [3.8, 4) is 5.75 Å². The van der Waals surface area contributed by atoms with Crippen LogP contribution in [0.25, 0.3) is 0 Å². The fourth-order valence-corrected chi connectivity index (χ4v) is 4.53. The Labute approximate surface area is 178 Å². The average Bonchev–Trinajstić information content (AvgIpc) is 2.78. The number of sulfonamides is 1. The molecular weight excluding hydrogens is 404 g/mol. The first kappa shape index (κ1) is 22.3. The quantitative estimate of drug-likeness (QED) is 0.658. The zero-order valence-electron chi connectivity index (χ0n) is 17.2. The first-order valence-electron chi connectivity index (χ1n) is 10.2. The number of nitrogens with zero attached hydrogens (tertiary/aromatic N) is 1. The highest BCUT2D eigenvalue weighted by molar-refractivity contribution is 7.89. The van der Waals surface area contributed by atoms with Gasteiger partial charge in [-0.3, -0.25) is 4.79 Å². The Morgan fingerprint density at radius 3 is 2.37 bits per heavy atom. The third-order valence-corrected chi connectivity index (χ3v) is 6.77. The smallest absolute Gasteiger partial charge is 0.262 e. The van der Waals surface area contributed by atoms with Crippen molar-refractivity contribution in [2.45, 2.75) is 31.1 Å². The summed E-state index contributed by atoms with van der Waals surface area (Å²) in [5.74, 6) is 0.155. The summed E-state index contributed by atoms with van der Waals surface area (Å²) in [7, 11) is -3.54. The fraction of sp³-hybridized carbons (Fsp3) is 0.409. The molecule has 1 heterocycles. The Bertz CT molecular complexity index is 921. The van der Waals surface area contributed by atoms with Crippen LogP contribution in [0.3, 0.4) is 0 Å². The molecular formula is C22H28N2O5S. The van der Waals surface area contributed by atoms with Gasteiger partial charge in [-0.05, 0) is 54.8 Å². The second kappa shape index (κ2) is 10.6. The molecule has 0 saturated carbocycles. The number of amides is 1. The van der Waals surface area contributed by atoms with E-state index >= 15 is 0 Å². The van der Waals surface area contributed by atoms with Crippen LogP contribution in [0.5, 0.6) is 5.75 Å². The van der Waals surface area contributed by atoms with Crippen molar-refractivity contribution in [1.29, 1.82) is 0 Å². The largest absolute Gasteiger partial charge is 0.484 e. The van der Waals surface area contributed by atoms with E-state index in [9.17, 15) is 13.2 Å². The maximum Gasteiger partial charge on any atom is 0.262 e. The van der Waals surface area contributed by atoms with E-state index in [4.69, 9.17) is 9.47 Å². The highest BCUT2D eigenvalue weighted by atomic mass is 32.2. The maximum atomic E-state index is 12.6. The molecule has 0 aromatic heterocycles. The Hall–Kier alpha value is -2.42. The fourth-order valence-electron chi connectivity index (χ4n) is 3.13. The monoisotopic (exact) mass is 432 g/mol. The zero-order chi connectivity index (χ0) is 21.4. The van der Waals surface area contributed by atoms with Gasteiger partial charge in [0.2, 0.25) is 10.0 Å². The molecule has 0 aliphatic carbocycles. The molecule has 0 radical (unpaired) electrons. The summed E-state index contributed by atoms with van der Waals surface area (Å²) < 4.78 is 37.3. The molecule has 1 aliphatic rings. The van der Waals surface area contributed by atoms with E-state index in [0.717, 1.165) is 24.9 Å². The number of carbonyl (C=O) groups is 1. The first-order valence-corrected chi connectivity index (χ1v) is 11.6. The van der Waals surface area contributed by atoms with E-state index < -0.39 is 10.0 Å². The number of unbranched alkanes of at least 4 members (excludes halogenated alkanes) is 1. The number of ether oxygens (including phenoxy) is 2. The zero-order valence-corrected chi connectivity index (χ0v) is 18.0. The number of carbonyl (C=O) groups excluding carboxylic acids is 1. The summed E-state index contributed by atoms with van der Waals surface area (Å²) in [6.07, 6.45) is 3.33. The average molecular weight is 433 g/mol. The lowest BCUT2D eigenvalue weighted by Crippen LogP contribution is -2.40. The summed E-state index contributed by atoms with van der Waals surface area (Å²) in [5.41, 5.74) is 1.97. The third-order valence-electron chi connectivity index (χ3n) is 4.86. The van der Waals surface area contributed by atoms with Crippen molar-refractivity contribution >= 4 is 21.6 Å². The van der Waals surface area contributed by atoms with Gasteiger partial charge in [-0.1, -0.05) is 25.5 Å². The van der Waals surface area contributed by atoms with Crippen molar-refractivity contribution < 1.29 is 22.7 Å². The Morgan fingerprint density at radius 2 is 1.73 bits per heavy atom. The molecule has 8 heteroatoms. The van der Waals surface area contributed by atoms with E-state index in [1.54, 1.807) is 12.1 Å². The van der Waals surface area contributed by atoms with Crippen molar-refractivity contribution in [2.24, 2.45) is 0 Å². The molecule has 1 amide bonds. The number of morpholine rings is 1. The van der Waals surface area contributed by atoms with Crippen molar-refractivity contribution in [3.63, 3.8) is 0 Å². The van der Waals surface area contributed by atoms with Gasteiger partial charge in [0.25, 0.3) is 5.91 Å². The Kier molecular flexibility index (Phi) is 7.84. The molecule has 0 spiro atoms. The second-order valence-electron chi connectivity index (χ2n) is 7.13. The van der Waals surface area contributed by atoms with Gasteiger partial charge >= 0.3 is 0 Å². The highest BCUT2D eigenvalue weighted by Crippen LogP contribution is 2.20. The van der Waals surface area contributed by atoms with Crippen LogP contribution in [0.4, 0.5) is 5.69 Å². The molecule has 0 unspecified atom stereocenters. The van der Waals surface area contributed by atoms with Crippen LogP contribution >= 0.6 is 0 Å². The van der Waals surface area contributed by atoms with Crippen molar-refractivity contribution in [2.75, 3.05) is 38.2 Å². The van der Waals surface area contributed by atoms with Crippen LogP contribution in [0.15, 0.2) is 53.4 Å². The number of aryl methyl sites for hydroxylation is 1. The molecule has 162 valence electrons. The van der Waals surface area contributed by atoms with Gasteiger partial charge in [-0.15, -0.1) is 0 Å². The topological polar surface area (TPSA) is 84.9 Å². The predicted molar refractivity (Wildman–Crippen MR) is 115 cm³/mol. The predicted octanol–water partition coefficient (Wildman–Crippen LogP) is 3.07. The van der Waals surface area contributed by atoms with Crippen LogP contribution in [-0.2, 0) is 26.0 Å². The maximum absolute atomic E-state index is 12.6. The van der Waals surface area contributed by atoms with E-state index in [2.05, 4.69) is 12.2 Å². The molecule has 1 saturated heterocycles. The third kappa shape index (κ3) is 6.04. The molecule has 0 bridgehead atoms. The lowest BCUT2D eigenvalue weighted by Gasteiger charge is -2.26. The second-order valence-corrected chi connectivity index (χ2v) is 9.06. The van der Waals surface area contributed by atoms with Crippen LogP contribution in [0.2, 0.25) is 0 Å². The number of nitrogens with one attached hydrogen (secondary N) is 1. The van der Waals surface area contributed by atoms with E-state index in [1.807, 2.05) is 24.3 Å². The molecule has 0 atom stereocenters. The molecule has 30 heavy (non-hydrogen) atoms. The number of hydrogen-bond acceptors (Lipinski definition) is 5. The number of benzene rings is 2. The minimum atomic E-state index is -3.54. The van der Waals surface area contributed by atoms with Crippen LogP contribution in [0, 0.1) is 0 Å². The van der Waals surface area contributed by atoms with E-state index in [1.165, 1.54) is 22.0 Å². The molecule has 1 aliphatic heterocycles. The lowest BCUT2D eigenvalue weighted by atomic mass is 10.1. The van der Waals surface area contributed by atoms with Gasteiger partial charge in [-0.25, -0.2) is 8.42 Å². The minimum absolute atomic E-state index is 0.160. The molecule has 1 N–H and O–H groups in total. The van der Waals surface area contributed by atoms with Gasteiger partial charge in [0.05, 0.1) is 18.1 Å². The minimum Gasteiger partial charge on any atom is -0.484 e. The van der Waals surface area contributed by atoms with Crippen LogP contribution in [0.1, 0.15) is 25.3 Å². The van der Waals surface area contributed by atoms with Crippen LogP contribution in [-0.4, -0.2) is 51.5 Å². The van der Waals surface area contributed by atoms with Gasteiger partial charge in [0.15, 0.2) is 6.61 Å². The van der Waals surface area contributed by atoms with Gasteiger partial charge in [0.1, 0.15) is 5.75 Å². The normalized spacial score (nSPS) is 15.0. The summed E-state index contributed by atoms with van der Waals surface area (Å²) >= 11 is 0. The SMILES string of the molecule is CCCCc1ccc(NC(=O)COc2ccc(S(=O)(=O)N3CCOCC3)cc2)cc1. The van der Waals surface area contributed by atoms with Crippen LogP contribution < -0.4 is 10.1 Å². The number of rotatable bonds is 9.